The number of rotatable bonds is 5. The van der Waals surface area contributed by atoms with E-state index in [1.165, 1.54) is 17.1 Å². The predicted molar refractivity (Wildman–Crippen MR) is 125 cm³/mol. The summed E-state index contributed by atoms with van der Waals surface area (Å²) in [6, 6.07) is 17.5. The van der Waals surface area contributed by atoms with Crippen molar-refractivity contribution in [3.8, 4) is 11.4 Å². The van der Waals surface area contributed by atoms with Crippen LogP contribution in [0.25, 0.3) is 16.7 Å². The number of hydrogen-bond donors (Lipinski definition) is 0. The van der Waals surface area contributed by atoms with E-state index in [1.807, 2.05) is 42.5 Å². The number of ether oxygens (including phenoxy) is 1. The van der Waals surface area contributed by atoms with Crippen molar-refractivity contribution >= 4 is 22.6 Å². The van der Waals surface area contributed by atoms with Crippen molar-refractivity contribution < 1.29 is 9.53 Å². The standard InChI is InChI=1S/C24H24N6O3/c1-33-20-9-7-19(8-10-20)30-23-21(15-26-30)24(32)29(17-25-23)16-22(31)28-13-11-27(12-14-28)18-5-3-2-4-6-18/h2-10,15,17H,11-14,16H2,1H3. The molecule has 3 heterocycles. The zero-order chi connectivity index (χ0) is 22.8. The highest BCUT2D eigenvalue weighted by Crippen LogP contribution is 2.18. The molecule has 9 nitrogen and oxygen atoms in total. The van der Waals surface area contributed by atoms with E-state index in [0.717, 1.165) is 30.2 Å². The van der Waals surface area contributed by atoms with Gasteiger partial charge in [-0.3, -0.25) is 14.2 Å². The zero-order valence-electron chi connectivity index (χ0n) is 18.3. The number of carbonyl (C=O) groups is 1. The molecule has 1 amide bonds. The van der Waals surface area contributed by atoms with Gasteiger partial charge in [-0.25, -0.2) is 9.67 Å². The topological polar surface area (TPSA) is 85.5 Å². The summed E-state index contributed by atoms with van der Waals surface area (Å²) in [5, 5.41) is 4.70. The summed E-state index contributed by atoms with van der Waals surface area (Å²) in [4.78, 5) is 34.4. The number of para-hydroxylation sites is 1. The number of piperazine rings is 1. The fourth-order valence-corrected chi connectivity index (χ4v) is 4.07. The van der Waals surface area contributed by atoms with Crippen molar-refractivity contribution in [1.82, 2.24) is 24.2 Å². The van der Waals surface area contributed by atoms with Crippen LogP contribution in [0.5, 0.6) is 5.75 Å². The minimum Gasteiger partial charge on any atom is -0.497 e. The highest BCUT2D eigenvalue weighted by atomic mass is 16.5. The first-order valence-electron chi connectivity index (χ1n) is 10.8. The fraction of sp³-hybridized carbons (Fsp3) is 0.250. The molecule has 0 radical (unpaired) electrons. The van der Waals surface area contributed by atoms with Crippen LogP contribution in [0.1, 0.15) is 0 Å². The Morgan fingerprint density at radius 2 is 1.70 bits per heavy atom. The van der Waals surface area contributed by atoms with E-state index in [2.05, 4.69) is 27.1 Å². The largest absolute Gasteiger partial charge is 0.497 e. The molecule has 4 aromatic rings. The number of methoxy groups -OCH3 is 1. The van der Waals surface area contributed by atoms with Gasteiger partial charge in [-0.2, -0.15) is 5.10 Å². The van der Waals surface area contributed by atoms with Crippen molar-refractivity contribution in [2.45, 2.75) is 6.54 Å². The lowest BCUT2D eigenvalue weighted by Gasteiger charge is -2.36. The molecule has 0 bridgehead atoms. The maximum absolute atomic E-state index is 13.0. The van der Waals surface area contributed by atoms with Crippen molar-refractivity contribution in [2.24, 2.45) is 0 Å². The molecule has 0 spiro atoms. The second-order valence-electron chi connectivity index (χ2n) is 7.87. The Morgan fingerprint density at radius 3 is 2.39 bits per heavy atom. The average Bonchev–Trinajstić information content (AvgIpc) is 3.31. The van der Waals surface area contributed by atoms with Gasteiger partial charge in [0.1, 0.15) is 24.0 Å². The summed E-state index contributed by atoms with van der Waals surface area (Å²) in [5.41, 5.74) is 2.09. The highest BCUT2D eigenvalue weighted by Gasteiger charge is 2.22. The Morgan fingerprint density at radius 1 is 0.970 bits per heavy atom. The number of amides is 1. The van der Waals surface area contributed by atoms with Crippen LogP contribution in [0.4, 0.5) is 5.69 Å². The number of nitrogens with zero attached hydrogens (tertiary/aromatic N) is 6. The molecule has 0 aliphatic carbocycles. The molecule has 1 aliphatic heterocycles. The van der Waals surface area contributed by atoms with Gasteiger partial charge >= 0.3 is 0 Å². The predicted octanol–water partition coefficient (Wildman–Crippen LogP) is 1.94. The summed E-state index contributed by atoms with van der Waals surface area (Å²) in [6.07, 6.45) is 2.92. The minimum atomic E-state index is -0.281. The first-order chi connectivity index (χ1) is 16.1. The molecule has 0 atom stereocenters. The molecule has 1 aliphatic rings. The third-order valence-electron chi connectivity index (χ3n) is 5.93. The molecular weight excluding hydrogens is 420 g/mol. The van der Waals surface area contributed by atoms with E-state index < -0.39 is 0 Å². The van der Waals surface area contributed by atoms with E-state index in [0.29, 0.717) is 24.1 Å². The molecule has 9 heteroatoms. The molecule has 0 saturated carbocycles. The molecule has 2 aromatic heterocycles. The van der Waals surface area contributed by atoms with Crippen LogP contribution in [-0.4, -0.2) is 63.4 Å². The molecule has 1 fully saturated rings. The van der Waals surface area contributed by atoms with Crippen LogP contribution in [-0.2, 0) is 11.3 Å². The second-order valence-corrected chi connectivity index (χ2v) is 7.87. The monoisotopic (exact) mass is 444 g/mol. The number of carbonyl (C=O) groups excluding carboxylic acids is 1. The van der Waals surface area contributed by atoms with Gasteiger partial charge < -0.3 is 14.5 Å². The molecular formula is C24H24N6O3. The van der Waals surface area contributed by atoms with E-state index in [-0.39, 0.29) is 18.0 Å². The SMILES string of the molecule is COc1ccc(-n2ncc3c(=O)n(CC(=O)N4CCN(c5ccccc5)CC4)cnc32)cc1. The van der Waals surface area contributed by atoms with E-state index in [4.69, 9.17) is 4.74 Å². The van der Waals surface area contributed by atoms with Gasteiger partial charge in [-0.05, 0) is 36.4 Å². The Hall–Kier alpha value is -4.14. The minimum absolute atomic E-state index is 0.0408. The lowest BCUT2D eigenvalue weighted by Crippen LogP contribution is -2.50. The van der Waals surface area contributed by atoms with Gasteiger partial charge in [0.2, 0.25) is 5.91 Å². The Labute approximate surface area is 190 Å². The number of benzene rings is 2. The van der Waals surface area contributed by atoms with Crippen molar-refractivity contribution in [3.63, 3.8) is 0 Å². The third-order valence-corrected chi connectivity index (χ3v) is 5.93. The van der Waals surface area contributed by atoms with Crippen LogP contribution < -0.4 is 15.2 Å². The smallest absolute Gasteiger partial charge is 0.264 e. The summed E-state index contributed by atoms with van der Waals surface area (Å²) in [5.74, 6) is 0.641. The molecule has 33 heavy (non-hydrogen) atoms. The molecule has 0 N–H and O–H groups in total. The van der Waals surface area contributed by atoms with Gasteiger partial charge in [-0.1, -0.05) is 18.2 Å². The van der Waals surface area contributed by atoms with Crippen LogP contribution in [0, 0.1) is 0 Å². The molecule has 2 aromatic carbocycles. The van der Waals surface area contributed by atoms with Gasteiger partial charge in [0.05, 0.1) is 19.0 Å². The Kier molecular flexibility index (Phi) is 5.52. The fourth-order valence-electron chi connectivity index (χ4n) is 4.07. The maximum atomic E-state index is 13.0. The molecule has 0 unspecified atom stereocenters. The maximum Gasteiger partial charge on any atom is 0.264 e. The third kappa shape index (κ3) is 4.05. The normalized spacial score (nSPS) is 14.0. The van der Waals surface area contributed by atoms with Crippen LogP contribution in [0.15, 0.2) is 71.9 Å². The van der Waals surface area contributed by atoms with E-state index >= 15 is 0 Å². The van der Waals surface area contributed by atoms with Crippen LogP contribution >= 0.6 is 0 Å². The lowest BCUT2D eigenvalue weighted by atomic mass is 10.2. The summed E-state index contributed by atoms with van der Waals surface area (Å²) in [7, 11) is 1.60. The van der Waals surface area contributed by atoms with Gasteiger partial charge in [0, 0.05) is 31.9 Å². The van der Waals surface area contributed by atoms with E-state index in [1.54, 1.807) is 16.7 Å². The summed E-state index contributed by atoms with van der Waals surface area (Å²) < 4.78 is 8.14. The molecule has 5 rings (SSSR count). The van der Waals surface area contributed by atoms with Gasteiger partial charge in [-0.15, -0.1) is 0 Å². The summed E-state index contributed by atoms with van der Waals surface area (Å²) in [6.45, 7) is 2.72. The Balaban J connectivity index is 1.30. The average molecular weight is 444 g/mol. The number of fused-ring (bicyclic) bond motifs is 1. The van der Waals surface area contributed by atoms with Crippen molar-refractivity contribution in [2.75, 3.05) is 38.2 Å². The first kappa shape index (κ1) is 20.7. The van der Waals surface area contributed by atoms with Crippen molar-refractivity contribution in [3.05, 3.63) is 77.5 Å². The lowest BCUT2D eigenvalue weighted by molar-refractivity contribution is -0.132. The Bertz CT molecular complexity index is 1320. The van der Waals surface area contributed by atoms with E-state index in [9.17, 15) is 9.59 Å². The second kappa shape index (κ2) is 8.78. The van der Waals surface area contributed by atoms with Crippen LogP contribution in [0.3, 0.4) is 0 Å². The van der Waals surface area contributed by atoms with Crippen molar-refractivity contribution in [1.29, 1.82) is 0 Å². The zero-order valence-corrected chi connectivity index (χ0v) is 18.3. The number of anilines is 1. The van der Waals surface area contributed by atoms with Gasteiger partial charge in [0.25, 0.3) is 5.56 Å². The molecule has 168 valence electrons. The van der Waals surface area contributed by atoms with Crippen LogP contribution in [0.2, 0.25) is 0 Å². The number of hydrogen-bond acceptors (Lipinski definition) is 6. The first-order valence-corrected chi connectivity index (χ1v) is 10.8. The van der Waals surface area contributed by atoms with Gasteiger partial charge in [0.15, 0.2) is 5.65 Å². The highest BCUT2D eigenvalue weighted by molar-refractivity contribution is 5.78. The quantitative estimate of drug-likeness (QED) is 0.468. The molecule has 1 saturated heterocycles. The summed E-state index contributed by atoms with van der Waals surface area (Å²) >= 11 is 0. The number of aromatic nitrogens is 4.